The van der Waals surface area contributed by atoms with Crippen molar-refractivity contribution in [2.24, 2.45) is 0 Å². The molecule has 0 aliphatic carbocycles. The van der Waals surface area contributed by atoms with Gasteiger partial charge < -0.3 is 21.2 Å². The Morgan fingerprint density at radius 3 is 2.12 bits per heavy atom. The average molecular weight is 146 g/mol. The zero-order valence-electron chi connectivity index (χ0n) is 5.74. The molecule has 0 unspecified atom stereocenters. The second-order valence-corrected chi connectivity index (χ2v) is 0.921. The van der Waals surface area contributed by atoms with Crippen molar-refractivity contribution in [3.8, 4) is 0 Å². The first-order valence-corrected chi connectivity index (χ1v) is 1.86. The third kappa shape index (κ3) is 10.5. The maximum atomic E-state index is 7.97. The molecule has 0 aromatic carbocycles. The van der Waals surface area contributed by atoms with Gasteiger partial charge in [0.05, 0.1) is 13.2 Å². The second kappa shape index (κ2) is 8.54. The van der Waals surface area contributed by atoms with Crippen LogP contribution in [0.5, 0.6) is 0 Å². The topological polar surface area (TPSA) is 69.9 Å². The van der Waals surface area contributed by atoms with Gasteiger partial charge in [0.15, 0.2) is 0 Å². The third-order valence-corrected chi connectivity index (χ3v) is 0.358. The molecule has 4 nitrogen and oxygen atoms in total. The molecule has 0 atom stereocenters. The summed E-state index contributed by atoms with van der Waals surface area (Å²) in [6, 6.07) is 0. The normalized spacial score (nSPS) is 7.88. The van der Waals surface area contributed by atoms with Crippen LogP contribution in [-0.2, 0) is 4.65 Å². The quantitative estimate of drug-likeness (QED) is 0.349. The number of aliphatic hydroxyl groups is 1. The van der Waals surface area contributed by atoms with E-state index in [0.717, 1.165) is 0 Å². The predicted molar refractivity (Wildman–Crippen MR) is 24.3 cm³/mol. The van der Waals surface area contributed by atoms with Gasteiger partial charge in [-0.1, -0.05) is 0 Å². The smallest absolute Gasteiger partial charge is 1.00 e. The van der Waals surface area contributed by atoms with Crippen molar-refractivity contribution < 1.29 is 72.6 Å². The van der Waals surface area contributed by atoms with E-state index in [-0.39, 0.29) is 66.0 Å². The summed E-state index contributed by atoms with van der Waals surface area (Å²) in [6.07, 6.45) is 0. The Morgan fingerprint density at radius 1 is 1.50 bits per heavy atom. The van der Waals surface area contributed by atoms with Crippen molar-refractivity contribution in [3.05, 3.63) is 0 Å². The molecule has 6 heteroatoms. The van der Waals surface area contributed by atoms with E-state index in [0.29, 0.717) is 0 Å². The molecule has 0 bridgehead atoms. The minimum atomic E-state index is -1.76. The fraction of sp³-hybridized carbons (Fsp3) is 1.00. The summed E-state index contributed by atoms with van der Waals surface area (Å²) in [5.74, 6) is 0. The van der Waals surface area contributed by atoms with Gasteiger partial charge >= 0.3 is 58.7 Å². The van der Waals surface area contributed by atoms with E-state index in [4.69, 9.17) is 15.2 Å². The van der Waals surface area contributed by atoms with Gasteiger partial charge in [-0.05, 0) is 0 Å². The van der Waals surface area contributed by atoms with Crippen LogP contribution in [-0.4, -0.2) is 35.7 Å². The third-order valence-electron chi connectivity index (χ3n) is 0.358. The summed E-state index contributed by atoms with van der Waals surface area (Å²) < 4.78 is 4.05. The molecule has 0 aromatic rings. The largest absolute Gasteiger partial charge is 1.00 e. The molecule has 0 aliphatic heterocycles. The molecule has 0 saturated carbocycles. The van der Waals surface area contributed by atoms with Crippen molar-refractivity contribution in [2.45, 2.75) is 0 Å². The zero-order chi connectivity index (χ0) is 5.70. The Hall–Kier alpha value is 1.54. The van der Waals surface area contributed by atoms with Crippen LogP contribution >= 0.6 is 0 Å². The Balaban J connectivity index is -0.000000180. The molecule has 0 radical (unpaired) electrons. The molecule has 0 aromatic heterocycles. The Morgan fingerprint density at radius 2 is 2.00 bits per heavy atom. The van der Waals surface area contributed by atoms with Crippen LogP contribution in [0, 0.1) is 0 Å². The molecule has 0 amide bonds. The number of rotatable bonds is 3. The molecule has 8 heavy (non-hydrogen) atoms. The van der Waals surface area contributed by atoms with E-state index in [1.54, 1.807) is 0 Å². The van der Waals surface area contributed by atoms with Gasteiger partial charge in [-0.15, -0.1) is 0 Å². The first kappa shape index (κ1) is 12.2. The van der Waals surface area contributed by atoms with Crippen molar-refractivity contribution in [1.29, 1.82) is 0 Å². The van der Waals surface area contributed by atoms with Gasteiger partial charge in [0.25, 0.3) is 0 Å². The maximum Gasteiger partial charge on any atom is 1.00 e. The standard InChI is InChI=1S/C2H7BO4.K.H/c4-1-2-7-3(5)6;;/h4-6H,1-2H2;;/q;+1;-1. The second-order valence-electron chi connectivity index (χ2n) is 0.921. The van der Waals surface area contributed by atoms with E-state index < -0.39 is 7.32 Å². The molecule has 0 spiro atoms. The minimum absolute atomic E-state index is 0. The van der Waals surface area contributed by atoms with Gasteiger partial charge in [-0.25, -0.2) is 0 Å². The van der Waals surface area contributed by atoms with Crippen LogP contribution in [0.1, 0.15) is 1.43 Å². The van der Waals surface area contributed by atoms with Gasteiger partial charge in [0.1, 0.15) is 0 Å². The summed E-state index contributed by atoms with van der Waals surface area (Å²) in [7, 11) is -1.76. The van der Waals surface area contributed by atoms with Gasteiger partial charge in [-0.2, -0.15) is 0 Å². The summed E-state index contributed by atoms with van der Waals surface area (Å²) >= 11 is 0. The summed E-state index contributed by atoms with van der Waals surface area (Å²) in [5, 5.41) is 23.8. The molecule has 0 rings (SSSR count). The molecular formula is C2H8BKO4. The number of aliphatic hydroxyl groups excluding tert-OH is 1. The average Bonchev–Trinajstić information content (AvgIpc) is 1.61. The Labute approximate surface area is 91.9 Å². The van der Waals surface area contributed by atoms with Crippen LogP contribution in [0.4, 0.5) is 0 Å². The Kier molecular flexibility index (Phi) is 13.1. The summed E-state index contributed by atoms with van der Waals surface area (Å²) in [5.41, 5.74) is 0. The SMILES string of the molecule is OCCOB(O)O.[H-].[K+]. The molecule has 44 valence electrons. The Bertz CT molecular complexity index is 47.5. The van der Waals surface area contributed by atoms with E-state index in [9.17, 15) is 0 Å². The minimum Gasteiger partial charge on any atom is -1.00 e. The van der Waals surface area contributed by atoms with Crippen LogP contribution in [0.25, 0.3) is 0 Å². The van der Waals surface area contributed by atoms with Crippen molar-refractivity contribution >= 4 is 7.32 Å². The molecule has 0 fully saturated rings. The number of hydrogen-bond donors (Lipinski definition) is 3. The maximum absolute atomic E-state index is 7.97. The summed E-state index contributed by atoms with van der Waals surface area (Å²) in [4.78, 5) is 0. The van der Waals surface area contributed by atoms with E-state index in [1.807, 2.05) is 0 Å². The molecule has 0 heterocycles. The first-order chi connectivity index (χ1) is 3.27. The van der Waals surface area contributed by atoms with E-state index >= 15 is 0 Å². The van der Waals surface area contributed by atoms with E-state index in [1.165, 1.54) is 0 Å². The van der Waals surface area contributed by atoms with Crippen LogP contribution < -0.4 is 51.4 Å². The predicted octanol–water partition coefficient (Wildman–Crippen LogP) is -4.92. The van der Waals surface area contributed by atoms with Crippen molar-refractivity contribution in [2.75, 3.05) is 13.2 Å². The van der Waals surface area contributed by atoms with Crippen molar-refractivity contribution in [1.82, 2.24) is 0 Å². The van der Waals surface area contributed by atoms with Crippen molar-refractivity contribution in [3.63, 3.8) is 0 Å². The monoisotopic (exact) mass is 146 g/mol. The van der Waals surface area contributed by atoms with Crippen LogP contribution in [0.2, 0.25) is 0 Å². The fourth-order valence-electron chi connectivity index (χ4n) is 0.158. The number of hydrogen-bond acceptors (Lipinski definition) is 4. The summed E-state index contributed by atoms with van der Waals surface area (Å²) in [6.45, 7) is -0.241. The molecule has 0 aliphatic rings. The van der Waals surface area contributed by atoms with E-state index in [2.05, 4.69) is 4.65 Å². The van der Waals surface area contributed by atoms with Crippen LogP contribution in [0.3, 0.4) is 0 Å². The molecule has 3 N–H and O–H groups in total. The van der Waals surface area contributed by atoms with Gasteiger partial charge in [0, 0.05) is 0 Å². The first-order valence-electron chi connectivity index (χ1n) is 1.86. The molecule has 0 saturated heterocycles. The van der Waals surface area contributed by atoms with Gasteiger partial charge in [-0.3, -0.25) is 0 Å². The molecular weight excluding hydrogens is 138 g/mol. The zero-order valence-corrected chi connectivity index (χ0v) is 7.86. The van der Waals surface area contributed by atoms with Gasteiger partial charge in [0.2, 0.25) is 0 Å². The fourth-order valence-corrected chi connectivity index (χ4v) is 0.158. The van der Waals surface area contributed by atoms with Crippen LogP contribution in [0.15, 0.2) is 0 Å².